The van der Waals surface area contributed by atoms with Gasteiger partial charge >= 0.3 is 0 Å². The molecule has 2 saturated heterocycles. The summed E-state index contributed by atoms with van der Waals surface area (Å²) in [6, 6.07) is 9.54. The molecule has 1 aromatic carbocycles. The van der Waals surface area contributed by atoms with Gasteiger partial charge in [0.2, 0.25) is 5.95 Å². The maximum Gasteiger partial charge on any atom is 0.225 e. The number of rotatable bonds is 3. The average molecular weight is 472 g/mol. The van der Waals surface area contributed by atoms with Gasteiger partial charge in [0.25, 0.3) is 0 Å². The van der Waals surface area contributed by atoms with Gasteiger partial charge in [-0.25, -0.2) is 9.97 Å². The van der Waals surface area contributed by atoms with E-state index in [4.69, 9.17) is 9.97 Å². The van der Waals surface area contributed by atoms with Gasteiger partial charge < -0.3 is 30.4 Å². The van der Waals surface area contributed by atoms with Gasteiger partial charge in [-0.3, -0.25) is 0 Å². The summed E-state index contributed by atoms with van der Waals surface area (Å²) in [7, 11) is 0. The van der Waals surface area contributed by atoms with Gasteiger partial charge in [0.15, 0.2) is 5.82 Å². The van der Waals surface area contributed by atoms with Crippen molar-refractivity contribution in [1.29, 1.82) is 0 Å². The number of piperazine rings is 2. The van der Waals surface area contributed by atoms with Gasteiger partial charge in [-0.15, -0.1) is 10.2 Å². The van der Waals surface area contributed by atoms with Gasteiger partial charge in [0.1, 0.15) is 5.75 Å². The first kappa shape index (κ1) is 20.7. The van der Waals surface area contributed by atoms with Crippen LogP contribution in [0.4, 0.5) is 23.1 Å². The summed E-state index contributed by atoms with van der Waals surface area (Å²) in [6.07, 6.45) is 6.51. The van der Waals surface area contributed by atoms with E-state index in [1.807, 2.05) is 36.7 Å². The number of para-hydroxylation sites is 1. The molecule has 35 heavy (non-hydrogen) atoms. The molecular formula is C25H29N9O. The molecule has 3 aromatic rings. The van der Waals surface area contributed by atoms with E-state index < -0.39 is 0 Å². The Bertz CT molecular complexity index is 1250. The quantitative estimate of drug-likeness (QED) is 0.523. The maximum absolute atomic E-state index is 10.3. The summed E-state index contributed by atoms with van der Waals surface area (Å²) < 4.78 is 0. The molecule has 3 aliphatic heterocycles. The van der Waals surface area contributed by atoms with Crippen LogP contribution in [0.25, 0.3) is 11.3 Å². The highest BCUT2D eigenvalue weighted by Gasteiger charge is 2.45. The lowest BCUT2D eigenvalue weighted by Crippen LogP contribution is -2.58. The lowest BCUT2D eigenvalue weighted by Gasteiger charge is -2.45. The molecule has 0 radical (unpaired) electrons. The van der Waals surface area contributed by atoms with Crippen molar-refractivity contribution >= 4 is 23.1 Å². The number of aromatic hydroxyl groups is 1. The molecule has 1 spiro atoms. The molecule has 0 bridgehead atoms. The predicted molar refractivity (Wildman–Crippen MR) is 135 cm³/mol. The Labute approximate surface area is 204 Å². The van der Waals surface area contributed by atoms with Crippen LogP contribution in [0.2, 0.25) is 0 Å². The zero-order valence-corrected chi connectivity index (χ0v) is 19.6. The van der Waals surface area contributed by atoms with Crippen molar-refractivity contribution in [2.45, 2.75) is 24.4 Å². The van der Waals surface area contributed by atoms with E-state index >= 15 is 0 Å². The number of nitrogens with one attached hydrogen (secondary N) is 2. The standard InChI is InChI=1S/C25H29N9O/c35-22-4-2-1-3-19(22)20-11-21-23(31-30-20)26-14-18-15-32(9-10-34(18)21)24-27-12-17(13-28-24)33-8-7-29-25(16-33)5-6-25/h1-4,11-13,18,29,35H,5-10,14-16H2,(H,26,31)/t18-/m0/s1. The summed E-state index contributed by atoms with van der Waals surface area (Å²) in [5.41, 5.74) is 3.84. The van der Waals surface area contributed by atoms with Crippen LogP contribution >= 0.6 is 0 Å². The minimum Gasteiger partial charge on any atom is -0.507 e. The number of phenols is 1. The lowest BCUT2D eigenvalue weighted by atomic mass is 10.1. The van der Waals surface area contributed by atoms with E-state index in [0.29, 0.717) is 16.8 Å². The molecular weight excluding hydrogens is 442 g/mol. The maximum atomic E-state index is 10.3. The number of phenolic OH excluding ortho intramolecular Hbond substituents is 1. The van der Waals surface area contributed by atoms with Gasteiger partial charge in [-0.2, -0.15) is 0 Å². The highest BCUT2D eigenvalue weighted by atomic mass is 16.3. The molecule has 1 atom stereocenters. The zero-order chi connectivity index (χ0) is 23.4. The Morgan fingerprint density at radius 1 is 1.00 bits per heavy atom. The average Bonchev–Trinajstić information content (AvgIpc) is 3.66. The minimum absolute atomic E-state index is 0.209. The van der Waals surface area contributed by atoms with Gasteiger partial charge in [-0.1, -0.05) is 12.1 Å². The molecule has 1 saturated carbocycles. The molecule has 2 aromatic heterocycles. The molecule has 1 aliphatic carbocycles. The normalized spacial score (nSPS) is 22.4. The van der Waals surface area contributed by atoms with Crippen LogP contribution in [-0.2, 0) is 0 Å². The third-order valence-corrected chi connectivity index (χ3v) is 7.75. The molecule has 3 N–H and O–H groups in total. The number of aromatic nitrogens is 4. The fraction of sp³-hybridized carbons (Fsp3) is 0.440. The molecule has 10 heteroatoms. The molecule has 0 unspecified atom stereocenters. The van der Waals surface area contributed by atoms with Gasteiger partial charge in [-0.05, 0) is 31.0 Å². The highest BCUT2D eigenvalue weighted by Crippen LogP contribution is 2.39. The molecule has 0 amide bonds. The van der Waals surface area contributed by atoms with Crippen molar-refractivity contribution in [1.82, 2.24) is 25.5 Å². The Kier molecular flexibility index (Phi) is 4.70. The molecule has 5 heterocycles. The first-order valence-corrected chi connectivity index (χ1v) is 12.4. The minimum atomic E-state index is 0.209. The summed E-state index contributed by atoms with van der Waals surface area (Å²) in [6.45, 7) is 6.37. The van der Waals surface area contributed by atoms with Gasteiger partial charge in [0.05, 0.1) is 35.5 Å². The van der Waals surface area contributed by atoms with Crippen LogP contribution < -0.4 is 25.3 Å². The first-order chi connectivity index (χ1) is 17.2. The van der Waals surface area contributed by atoms with Crippen molar-refractivity contribution in [2.24, 2.45) is 0 Å². The van der Waals surface area contributed by atoms with Crippen LogP contribution in [0.3, 0.4) is 0 Å². The van der Waals surface area contributed by atoms with Crippen molar-refractivity contribution in [3.8, 4) is 17.0 Å². The zero-order valence-electron chi connectivity index (χ0n) is 19.6. The first-order valence-electron chi connectivity index (χ1n) is 12.4. The topological polar surface area (TPSA) is 106 Å². The third-order valence-electron chi connectivity index (χ3n) is 7.75. The lowest BCUT2D eigenvalue weighted by molar-refractivity contribution is 0.442. The van der Waals surface area contributed by atoms with Crippen molar-refractivity contribution < 1.29 is 5.11 Å². The van der Waals surface area contributed by atoms with E-state index in [1.54, 1.807) is 6.07 Å². The second kappa shape index (κ2) is 7.94. The largest absolute Gasteiger partial charge is 0.507 e. The van der Waals surface area contributed by atoms with E-state index in [1.165, 1.54) is 12.8 Å². The van der Waals surface area contributed by atoms with E-state index in [0.717, 1.165) is 69.0 Å². The van der Waals surface area contributed by atoms with Crippen LogP contribution in [0.5, 0.6) is 5.75 Å². The summed E-state index contributed by atoms with van der Waals surface area (Å²) in [5, 5.41) is 26.1. The SMILES string of the molecule is Oc1ccccc1-c1cc2c(nn1)NC[C@H]1CN(c3ncc(N4CCNC5(CC5)C4)cn3)CCN21. The molecule has 180 valence electrons. The van der Waals surface area contributed by atoms with E-state index in [9.17, 15) is 5.11 Å². The predicted octanol–water partition coefficient (Wildman–Crippen LogP) is 1.70. The molecule has 3 fully saturated rings. The second-order valence-electron chi connectivity index (χ2n) is 10.0. The third kappa shape index (κ3) is 3.68. The van der Waals surface area contributed by atoms with Crippen molar-refractivity contribution in [2.75, 3.05) is 65.8 Å². The number of hydrogen-bond donors (Lipinski definition) is 3. The fourth-order valence-corrected chi connectivity index (χ4v) is 5.60. The fourth-order valence-electron chi connectivity index (χ4n) is 5.60. The Morgan fingerprint density at radius 2 is 1.86 bits per heavy atom. The number of anilines is 4. The highest BCUT2D eigenvalue weighted by molar-refractivity contribution is 5.76. The van der Waals surface area contributed by atoms with Crippen LogP contribution in [0.1, 0.15) is 12.8 Å². The monoisotopic (exact) mass is 471 g/mol. The summed E-state index contributed by atoms with van der Waals surface area (Å²) in [5.74, 6) is 1.79. The number of benzene rings is 1. The number of hydrogen-bond acceptors (Lipinski definition) is 10. The van der Waals surface area contributed by atoms with Crippen LogP contribution in [0.15, 0.2) is 42.7 Å². The molecule has 7 rings (SSSR count). The van der Waals surface area contributed by atoms with Gasteiger partial charge in [0, 0.05) is 56.9 Å². The molecule has 10 nitrogen and oxygen atoms in total. The number of nitrogens with zero attached hydrogens (tertiary/aromatic N) is 7. The number of fused-ring (bicyclic) bond motifs is 3. The van der Waals surface area contributed by atoms with Crippen molar-refractivity contribution in [3.63, 3.8) is 0 Å². The Morgan fingerprint density at radius 3 is 2.69 bits per heavy atom. The van der Waals surface area contributed by atoms with E-state index in [2.05, 4.69) is 35.5 Å². The summed E-state index contributed by atoms with van der Waals surface area (Å²) >= 11 is 0. The Balaban J connectivity index is 1.08. The molecule has 4 aliphatic rings. The smallest absolute Gasteiger partial charge is 0.225 e. The Hall–Kier alpha value is -3.66. The second-order valence-corrected chi connectivity index (χ2v) is 10.0. The van der Waals surface area contributed by atoms with Crippen LogP contribution in [0, 0.1) is 0 Å². The van der Waals surface area contributed by atoms with Crippen molar-refractivity contribution in [3.05, 3.63) is 42.7 Å². The van der Waals surface area contributed by atoms with Crippen LogP contribution in [-0.4, -0.2) is 82.7 Å². The summed E-state index contributed by atoms with van der Waals surface area (Å²) in [4.78, 5) is 16.6. The van der Waals surface area contributed by atoms with E-state index in [-0.39, 0.29) is 11.8 Å².